The van der Waals surface area contributed by atoms with Crippen molar-refractivity contribution in [2.24, 2.45) is 0 Å². The van der Waals surface area contributed by atoms with Gasteiger partial charge in [-0.15, -0.1) is 0 Å². The second kappa shape index (κ2) is 13.0. The number of aryl methyl sites for hydroxylation is 2. The molecule has 0 bridgehead atoms. The Morgan fingerprint density at radius 1 is 0.872 bits per heavy atom. The Kier molecular flexibility index (Phi) is 8.76. The number of ether oxygens (including phenoxy) is 3. The molecule has 200 valence electrons. The standard InChI is InChI=1S/C33H33NO5/c35-33(34-36)26-14-17-29(18-15-26)37-19-7-12-27-21-32-28(22-31(27)38-23-25-10-5-2-6-11-25)20-30(39-32)16-13-24-8-3-1-4-9-24/h1-6,8-11,14-15,17-18,21-22,30,36H,7,12-13,16,19-20,23H2,(H,34,35). The predicted molar refractivity (Wildman–Crippen MR) is 150 cm³/mol. The Bertz CT molecular complexity index is 1360. The van der Waals surface area contributed by atoms with Crippen LogP contribution in [0.4, 0.5) is 0 Å². The molecule has 1 atom stereocenters. The first kappa shape index (κ1) is 26.3. The zero-order chi connectivity index (χ0) is 26.9. The van der Waals surface area contributed by atoms with Crippen LogP contribution in [0.2, 0.25) is 0 Å². The summed E-state index contributed by atoms with van der Waals surface area (Å²) in [5.41, 5.74) is 6.75. The van der Waals surface area contributed by atoms with Crippen molar-refractivity contribution in [1.82, 2.24) is 5.48 Å². The van der Waals surface area contributed by atoms with E-state index in [0.717, 1.165) is 54.7 Å². The molecular formula is C33H33NO5. The summed E-state index contributed by atoms with van der Waals surface area (Å²) in [7, 11) is 0. The number of amides is 1. The summed E-state index contributed by atoms with van der Waals surface area (Å²) in [5, 5.41) is 8.76. The number of carbonyl (C=O) groups excluding carboxylic acids is 1. The quantitative estimate of drug-likeness (QED) is 0.129. The molecule has 0 aromatic heterocycles. The van der Waals surface area contributed by atoms with Gasteiger partial charge in [0.2, 0.25) is 0 Å². The van der Waals surface area contributed by atoms with Crippen LogP contribution >= 0.6 is 0 Å². The van der Waals surface area contributed by atoms with Gasteiger partial charge in [-0.3, -0.25) is 10.0 Å². The number of hydroxylamine groups is 1. The molecule has 1 unspecified atom stereocenters. The lowest BCUT2D eigenvalue weighted by molar-refractivity contribution is 0.0706. The van der Waals surface area contributed by atoms with E-state index in [-0.39, 0.29) is 6.10 Å². The normalized spacial score (nSPS) is 13.8. The Labute approximate surface area is 229 Å². The van der Waals surface area contributed by atoms with Gasteiger partial charge < -0.3 is 14.2 Å². The van der Waals surface area contributed by atoms with Crippen LogP contribution in [0.1, 0.15) is 45.5 Å². The lowest BCUT2D eigenvalue weighted by atomic mass is 10.0. The molecule has 5 rings (SSSR count). The topological polar surface area (TPSA) is 77.0 Å². The van der Waals surface area contributed by atoms with Gasteiger partial charge in [0.05, 0.1) is 6.61 Å². The summed E-state index contributed by atoms with van der Waals surface area (Å²) < 4.78 is 18.6. The van der Waals surface area contributed by atoms with Crippen molar-refractivity contribution in [3.63, 3.8) is 0 Å². The molecule has 0 radical (unpaired) electrons. The largest absolute Gasteiger partial charge is 0.494 e. The fraction of sp³-hybridized carbons (Fsp3) is 0.242. The summed E-state index contributed by atoms with van der Waals surface area (Å²) >= 11 is 0. The number of benzene rings is 4. The molecule has 4 aromatic rings. The van der Waals surface area contributed by atoms with E-state index >= 15 is 0 Å². The number of fused-ring (bicyclic) bond motifs is 1. The highest BCUT2D eigenvalue weighted by Crippen LogP contribution is 2.37. The third-order valence-corrected chi connectivity index (χ3v) is 6.90. The van der Waals surface area contributed by atoms with E-state index in [0.29, 0.717) is 24.5 Å². The predicted octanol–water partition coefficient (Wildman–Crippen LogP) is 6.33. The number of nitrogens with one attached hydrogen (secondary N) is 1. The van der Waals surface area contributed by atoms with Crippen molar-refractivity contribution in [3.8, 4) is 17.2 Å². The van der Waals surface area contributed by atoms with Gasteiger partial charge in [0.25, 0.3) is 5.91 Å². The summed E-state index contributed by atoms with van der Waals surface area (Å²) in [6.07, 6.45) is 4.58. The van der Waals surface area contributed by atoms with E-state index in [4.69, 9.17) is 19.4 Å². The van der Waals surface area contributed by atoms with Crippen molar-refractivity contribution in [3.05, 3.63) is 125 Å². The monoisotopic (exact) mass is 523 g/mol. The van der Waals surface area contributed by atoms with Gasteiger partial charge in [-0.2, -0.15) is 0 Å². The van der Waals surface area contributed by atoms with E-state index < -0.39 is 5.91 Å². The maximum atomic E-state index is 11.5. The lowest BCUT2D eigenvalue weighted by Crippen LogP contribution is -2.18. The average Bonchev–Trinajstić information content (AvgIpc) is 3.39. The molecule has 39 heavy (non-hydrogen) atoms. The van der Waals surface area contributed by atoms with Crippen LogP contribution in [-0.2, 0) is 25.9 Å². The van der Waals surface area contributed by atoms with Gasteiger partial charge in [0, 0.05) is 17.5 Å². The first-order valence-electron chi connectivity index (χ1n) is 13.4. The minimum atomic E-state index is -0.550. The van der Waals surface area contributed by atoms with Crippen molar-refractivity contribution in [2.45, 2.75) is 44.8 Å². The Balaban J connectivity index is 1.22. The molecule has 0 aliphatic carbocycles. The van der Waals surface area contributed by atoms with Crippen LogP contribution in [-0.4, -0.2) is 23.8 Å². The highest BCUT2D eigenvalue weighted by molar-refractivity contribution is 5.93. The van der Waals surface area contributed by atoms with Gasteiger partial charge in [-0.05, 0) is 78.8 Å². The average molecular weight is 524 g/mol. The van der Waals surface area contributed by atoms with Crippen LogP contribution < -0.4 is 19.7 Å². The smallest absolute Gasteiger partial charge is 0.274 e. The van der Waals surface area contributed by atoms with Crippen molar-refractivity contribution < 1.29 is 24.2 Å². The molecule has 0 saturated heterocycles. The first-order valence-corrected chi connectivity index (χ1v) is 13.4. The molecule has 6 heteroatoms. The second-order valence-electron chi connectivity index (χ2n) is 9.73. The van der Waals surface area contributed by atoms with E-state index in [9.17, 15) is 4.79 Å². The maximum Gasteiger partial charge on any atom is 0.274 e. The minimum Gasteiger partial charge on any atom is -0.494 e. The Hall–Kier alpha value is -4.29. The van der Waals surface area contributed by atoms with Crippen molar-refractivity contribution in [2.75, 3.05) is 6.61 Å². The number of rotatable bonds is 12. The summed E-state index contributed by atoms with van der Waals surface area (Å²) in [5.74, 6) is 1.97. The second-order valence-corrected chi connectivity index (χ2v) is 9.73. The van der Waals surface area contributed by atoms with Crippen LogP contribution in [0.25, 0.3) is 0 Å². The van der Waals surface area contributed by atoms with Crippen LogP contribution in [0.15, 0.2) is 97.1 Å². The molecule has 1 heterocycles. The highest BCUT2D eigenvalue weighted by atomic mass is 16.5. The highest BCUT2D eigenvalue weighted by Gasteiger charge is 2.25. The van der Waals surface area contributed by atoms with Gasteiger partial charge in [0.1, 0.15) is 30.0 Å². The number of hydrogen-bond acceptors (Lipinski definition) is 5. The van der Waals surface area contributed by atoms with Crippen molar-refractivity contribution >= 4 is 5.91 Å². The summed E-state index contributed by atoms with van der Waals surface area (Å²) in [4.78, 5) is 11.5. The van der Waals surface area contributed by atoms with E-state index in [1.807, 2.05) is 24.3 Å². The molecule has 1 amide bonds. The van der Waals surface area contributed by atoms with Crippen LogP contribution in [0, 0.1) is 0 Å². The summed E-state index contributed by atoms with van der Waals surface area (Å²) in [6, 6.07) is 31.7. The number of hydrogen-bond donors (Lipinski definition) is 2. The zero-order valence-corrected chi connectivity index (χ0v) is 21.8. The molecule has 4 aromatic carbocycles. The molecule has 6 nitrogen and oxygen atoms in total. The van der Waals surface area contributed by atoms with E-state index in [1.54, 1.807) is 29.7 Å². The minimum absolute atomic E-state index is 0.164. The molecule has 1 aliphatic rings. The molecule has 0 spiro atoms. The molecular weight excluding hydrogens is 490 g/mol. The lowest BCUT2D eigenvalue weighted by Gasteiger charge is -2.14. The fourth-order valence-corrected chi connectivity index (χ4v) is 4.80. The van der Waals surface area contributed by atoms with Gasteiger partial charge in [0.15, 0.2) is 0 Å². The van der Waals surface area contributed by atoms with Gasteiger partial charge in [-0.25, -0.2) is 5.48 Å². The molecule has 0 saturated carbocycles. The third kappa shape index (κ3) is 7.18. The van der Waals surface area contributed by atoms with Crippen LogP contribution in [0.5, 0.6) is 17.2 Å². The molecule has 0 fully saturated rings. The third-order valence-electron chi connectivity index (χ3n) is 6.90. The van der Waals surface area contributed by atoms with Crippen molar-refractivity contribution in [1.29, 1.82) is 0 Å². The number of carbonyl (C=O) groups is 1. The Morgan fingerprint density at radius 3 is 2.31 bits per heavy atom. The maximum absolute atomic E-state index is 11.5. The fourth-order valence-electron chi connectivity index (χ4n) is 4.80. The Morgan fingerprint density at radius 2 is 1.59 bits per heavy atom. The van der Waals surface area contributed by atoms with Gasteiger partial charge >= 0.3 is 0 Å². The molecule has 2 N–H and O–H groups in total. The van der Waals surface area contributed by atoms with E-state index in [1.165, 1.54) is 11.1 Å². The van der Waals surface area contributed by atoms with Crippen LogP contribution in [0.3, 0.4) is 0 Å². The zero-order valence-electron chi connectivity index (χ0n) is 21.8. The molecule has 1 aliphatic heterocycles. The SMILES string of the molecule is O=C(NO)c1ccc(OCCCc2cc3c(cc2OCc2ccccc2)CC(CCc2ccccc2)O3)cc1. The van der Waals surface area contributed by atoms with E-state index in [2.05, 4.69) is 48.5 Å². The summed E-state index contributed by atoms with van der Waals surface area (Å²) in [6.45, 7) is 1.02. The van der Waals surface area contributed by atoms with Gasteiger partial charge in [-0.1, -0.05) is 60.7 Å². The first-order chi connectivity index (χ1) is 19.2.